The van der Waals surface area contributed by atoms with Crippen LogP contribution in [0.3, 0.4) is 0 Å². The highest BCUT2D eigenvalue weighted by Gasteiger charge is 2.32. The van der Waals surface area contributed by atoms with E-state index in [4.69, 9.17) is 16.3 Å². The third-order valence-corrected chi connectivity index (χ3v) is 7.31. The Bertz CT molecular complexity index is 1120. The van der Waals surface area contributed by atoms with E-state index in [1.807, 2.05) is 27.7 Å². The van der Waals surface area contributed by atoms with Gasteiger partial charge in [0.15, 0.2) is 0 Å². The van der Waals surface area contributed by atoms with Crippen LogP contribution in [0.15, 0.2) is 48.5 Å². The average molecular weight is 538 g/mol. The fraction of sp³-hybridized carbons (Fsp3) is 0.462. The Balaban J connectivity index is 2.43. The highest BCUT2D eigenvalue weighted by Crippen LogP contribution is 2.24. The summed E-state index contributed by atoms with van der Waals surface area (Å²) in [6.07, 6.45) is 2.13. The van der Waals surface area contributed by atoms with E-state index in [1.54, 1.807) is 48.5 Å². The Morgan fingerprint density at radius 2 is 1.67 bits per heavy atom. The maximum absolute atomic E-state index is 13.7. The molecule has 2 aromatic rings. The average Bonchev–Trinajstić information content (AvgIpc) is 2.83. The van der Waals surface area contributed by atoms with E-state index >= 15 is 0 Å². The van der Waals surface area contributed by atoms with Gasteiger partial charge in [0.2, 0.25) is 21.8 Å². The molecular weight excluding hydrogens is 502 g/mol. The minimum absolute atomic E-state index is 0.0613. The molecule has 2 amide bonds. The van der Waals surface area contributed by atoms with Crippen molar-refractivity contribution in [2.75, 3.05) is 23.7 Å². The first-order chi connectivity index (χ1) is 17.0. The summed E-state index contributed by atoms with van der Waals surface area (Å²) in [6, 6.07) is 12.7. The van der Waals surface area contributed by atoms with Crippen molar-refractivity contribution in [2.24, 2.45) is 0 Å². The summed E-state index contributed by atoms with van der Waals surface area (Å²) in [5, 5.41) is 3.40. The van der Waals surface area contributed by atoms with E-state index in [0.717, 1.165) is 17.0 Å². The van der Waals surface area contributed by atoms with Gasteiger partial charge in [-0.1, -0.05) is 43.6 Å². The normalized spacial score (nSPS) is 12.9. The number of ether oxygens (including phenoxy) is 1. The Morgan fingerprint density at radius 3 is 2.19 bits per heavy atom. The third-order valence-electron chi connectivity index (χ3n) is 5.80. The van der Waals surface area contributed by atoms with Crippen molar-refractivity contribution in [3.8, 4) is 5.75 Å². The molecule has 0 heterocycles. The predicted molar refractivity (Wildman–Crippen MR) is 144 cm³/mol. The van der Waals surface area contributed by atoms with Crippen molar-refractivity contribution in [1.29, 1.82) is 0 Å². The fourth-order valence-electron chi connectivity index (χ4n) is 3.66. The molecule has 2 rings (SSSR count). The summed E-state index contributed by atoms with van der Waals surface area (Å²) in [4.78, 5) is 28.2. The Morgan fingerprint density at radius 1 is 1.03 bits per heavy atom. The number of anilines is 1. The second-order valence-electron chi connectivity index (χ2n) is 8.55. The first kappa shape index (κ1) is 29.5. The van der Waals surface area contributed by atoms with E-state index in [0.29, 0.717) is 35.1 Å². The smallest absolute Gasteiger partial charge is 0.244 e. The van der Waals surface area contributed by atoms with Crippen molar-refractivity contribution in [1.82, 2.24) is 10.2 Å². The molecule has 0 aromatic heterocycles. The lowest BCUT2D eigenvalue weighted by molar-refractivity contribution is -0.140. The van der Waals surface area contributed by atoms with E-state index in [9.17, 15) is 18.0 Å². The maximum atomic E-state index is 13.7. The van der Waals surface area contributed by atoms with Crippen molar-refractivity contribution in [3.63, 3.8) is 0 Å². The Kier molecular flexibility index (Phi) is 11.0. The number of rotatable bonds is 13. The van der Waals surface area contributed by atoms with Gasteiger partial charge in [-0.2, -0.15) is 0 Å². The first-order valence-electron chi connectivity index (χ1n) is 12.1. The summed E-state index contributed by atoms with van der Waals surface area (Å²) in [5.41, 5.74) is 0.985. The quantitative estimate of drug-likeness (QED) is 0.412. The molecule has 2 aromatic carbocycles. The lowest BCUT2D eigenvalue weighted by Crippen LogP contribution is -2.53. The number of nitrogens with one attached hydrogen (secondary N) is 1. The number of carbonyl (C=O) groups is 2. The maximum Gasteiger partial charge on any atom is 0.244 e. The molecule has 0 saturated carbocycles. The molecule has 0 bridgehead atoms. The molecule has 0 aliphatic carbocycles. The summed E-state index contributed by atoms with van der Waals surface area (Å²) in [5.74, 6) is -0.214. The highest BCUT2D eigenvalue weighted by molar-refractivity contribution is 7.92. The minimum atomic E-state index is -3.81. The monoisotopic (exact) mass is 537 g/mol. The lowest BCUT2D eigenvalue weighted by atomic mass is 10.1. The molecule has 10 heteroatoms. The Labute approximate surface area is 219 Å². The van der Waals surface area contributed by atoms with E-state index in [2.05, 4.69) is 5.32 Å². The lowest BCUT2D eigenvalue weighted by Gasteiger charge is -2.33. The summed E-state index contributed by atoms with van der Waals surface area (Å²) < 4.78 is 31.9. The standard InChI is InChI=1S/C26H36ClN3O5S/c1-6-19(4)28-26(32)24(7-2)29(17-20-11-9-10-12-23(20)27)25(31)18-30(36(5,33)34)21-13-15-22(16-14-21)35-8-3/h9-16,19,24H,6-8,17-18H2,1-5H3,(H,28,32)/t19-,24-/m1/s1. The van der Waals surface area contributed by atoms with Crippen molar-refractivity contribution < 1.29 is 22.7 Å². The van der Waals surface area contributed by atoms with Crippen molar-refractivity contribution >= 4 is 39.1 Å². The van der Waals surface area contributed by atoms with E-state index in [1.165, 1.54) is 4.90 Å². The zero-order valence-corrected chi connectivity index (χ0v) is 23.1. The van der Waals surface area contributed by atoms with Crippen LogP contribution in [-0.2, 0) is 26.2 Å². The van der Waals surface area contributed by atoms with E-state index < -0.39 is 28.5 Å². The molecule has 0 saturated heterocycles. The number of sulfonamides is 1. The number of halogens is 1. The van der Waals surface area contributed by atoms with Gasteiger partial charge < -0.3 is 15.0 Å². The second kappa shape index (κ2) is 13.5. The molecule has 36 heavy (non-hydrogen) atoms. The second-order valence-corrected chi connectivity index (χ2v) is 10.9. The Hall–Kier alpha value is -2.78. The van der Waals surface area contributed by atoms with Crippen LogP contribution in [-0.4, -0.2) is 56.6 Å². The summed E-state index contributed by atoms with van der Waals surface area (Å²) in [6.45, 7) is 7.58. The summed E-state index contributed by atoms with van der Waals surface area (Å²) in [7, 11) is -3.81. The summed E-state index contributed by atoms with van der Waals surface area (Å²) >= 11 is 6.37. The molecule has 0 unspecified atom stereocenters. The zero-order chi connectivity index (χ0) is 26.9. The number of nitrogens with zero attached hydrogens (tertiary/aromatic N) is 2. The van der Waals surface area contributed by atoms with Crippen molar-refractivity contribution in [3.05, 3.63) is 59.1 Å². The van der Waals surface area contributed by atoms with Crippen LogP contribution in [0, 0.1) is 0 Å². The molecule has 0 radical (unpaired) electrons. The van der Waals surface area contributed by atoms with Gasteiger partial charge in [-0.05, 0) is 62.6 Å². The molecular formula is C26H36ClN3O5S. The van der Waals surface area contributed by atoms with Crippen LogP contribution < -0.4 is 14.4 Å². The number of benzene rings is 2. The minimum Gasteiger partial charge on any atom is -0.494 e. The molecule has 2 atom stereocenters. The SMILES string of the molecule is CCOc1ccc(N(CC(=O)N(Cc2ccccc2Cl)[C@H](CC)C(=O)N[C@H](C)CC)S(C)(=O)=O)cc1. The molecule has 0 aliphatic heterocycles. The molecule has 198 valence electrons. The fourth-order valence-corrected chi connectivity index (χ4v) is 4.70. The van der Waals surface area contributed by atoms with Gasteiger partial charge in [0, 0.05) is 17.6 Å². The van der Waals surface area contributed by atoms with Gasteiger partial charge in [0.1, 0.15) is 18.3 Å². The molecule has 8 nitrogen and oxygen atoms in total. The van der Waals surface area contributed by atoms with Crippen molar-refractivity contribution in [2.45, 2.75) is 59.2 Å². The molecule has 1 N–H and O–H groups in total. The number of carbonyl (C=O) groups excluding carboxylic acids is 2. The van der Waals surface area contributed by atoms with Crippen LogP contribution >= 0.6 is 11.6 Å². The van der Waals surface area contributed by atoms with Crippen LogP contribution in [0.25, 0.3) is 0 Å². The van der Waals surface area contributed by atoms with Gasteiger partial charge in [-0.15, -0.1) is 0 Å². The largest absolute Gasteiger partial charge is 0.494 e. The van der Waals surface area contributed by atoms with Gasteiger partial charge in [-0.25, -0.2) is 8.42 Å². The van der Waals surface area contributed by atoms with Crippen LogP contribution in [0.1, 0.15) is 46.1 Å². The molecule has 0 aliphatic rings. The van der Waals surface area contributed by atoms with Gasteiger partial charge in [0.05, 0.1) is 18.6 Å². The van der Waals surface area contributed by atoms with Gasteiger partial charge in [0.25, 0.3) is 0 Å². The van der Waals surface area contributed by atoms with Crippen LogP contribution in [0.2, 0.25) is 5.02 Å². The van der Waals surface area contributed by atoms with Gasteiger partial charge in [-0.3, -0.25) is 13.9 Å². The van der Waals surface area contributed by atoms with Crippen LogP contribution in [0.5, 0.6) is 5.75 Å². The molecule has 0 spiro atoms. The van der Waals surface area contributed by atoms with E-state index in [-0.39, 0.29) is 18.5 Å². The number of amides is 2. The highest BCUT2D eigenvalue weighted by atomic mass is 35.5. The third kappa shape index (κ3) is 8.13. The topological polar surface area (TPSA) is 96.0 Å². The molecule has 0 fully saturated rings. The first-order valence-corrected chi connectivity index (χ1v) is 14.3. The van der Waals surface area contributed by atoms with Gasteiger partial charge >= 0.3 is 0 Å². The predicted octanol–water partition coefficient (Wildman–Crippen LogP) is 4.23. The zero-order valence-electron chi connectivity index (χ0n) is 21.5. The number of hydrogen-bond acceptors (Lipinski definition) is 5. The number of hydrogen-bond donors (Lipinski definition) is 1. The van der Waals surface area contributed by atoms with Crippen LogP contribution in [0.4, 0.5) is 5.69 Å².